The van der Waals surface area contributed by atoms with Crippen LogP contribution in [0.25, 0.3) is 0 Å². The molecule has 0 spiro atoms. The van der Waals surface area contributed by atoms with Crippen molar-refractivity contribution in [3.05, 3.63) is 0 Å². The average Bonchev–Trinajstić information content (AvgIpc) is 2.09. The molecule has 0 aromatic heterocycles. The summed E-state index contributed by atoms with van der Waals surface area (Å²) in [5.41, 5.74) is 5.22. The Morgan fingerprint density at radius 3 is 2.33 bits per heavy atom. The van der Waals surface area contributed by atoms with Gasteiger partial charge in [-0.2, -0.15) is 8.42 Å². The SMILES string of the molecule is CC(C)(C)OC(=O)CCC(N)CCCS(=O)(=O)O. The fraction of sp³-hybridized carbons (Fsp3) is 0.909. The number of carbonyl (C=O) groups is 1. The fourth-order valence-electron chi connectivity index (χ4n) is 1.37. The number of hydrogen-bond donors (Lipinski definition) is 2. The molecule has 108 valence electrons. The van der Waals surface area contributed by atoms with Gasteiger partial charge in [0.2, 0.25) is 0 Å². The maximum atomic E-state index is 11.4. The van der Waals surface area contributed by atoms with Crippen LogP contribution in [0, 0.1) is 0 Å². The Morgan fingerprint density at radius 2 is 1.89 bits per heavy atom. The molecule has 0 bridgehead atoms. The van der Waals surface area contributed by atoms with Gasteiger partial charge in [0.05, 0.1) is 5.75 Å². The van der Waals surface area contributed by atoms with Gasteiger partial charge in [-0.3, -0.25) is 9.35 Å². The molecule has 1 unspecified atom stereocenters. The van der Waals surface area contributed by atoms with Crippen molar-refractivity contribution in [1.29, 1.82) is 0 Å². The molecule has 0 aliphatic rings. The molecule has 7 heteroatoms. The lowest BCUT2D eigenvalue weighted by Crippen LogP contribution is -2.26. The summed E-state index contributed by atoms with van der Waals surface area (Å²) < 4.78 is 34.6. The Bertz CT molecular complexity index is 358. The third-order valence-corrected chi connectivity index (χ3v) is 2.92. The fourth-order valence-corrected chi connectivity index (χ4v) is 1.90. The molecule has 6 nitrogen and oxygen atoms in total. The van der Waals surface area contributed by atoms with Crippen molar-refractivity contribution in [1.82, 2.24) is 0 Å². The Balaban J connectivity index is 3.77. The number of ether oxygens (including phenoxy) is 1. The number of esters is 1. The van der Waals surface area contributed by atoms with E-state index in [9.17, 15) is 13.2 Å². The minimum absolute atomic E-state index is 0.213. The van der Waals surface area contributed by atoms with Crippen LogP contribution in [0.3, 0.4) is 0 Å². The van der Waals surface area contributed by atoms with Gasteiger partial charge in [0.15, 0.2) is 0 Å². The first-order chi connectivity index (χ1) is 7.99. The molecule has 0 saturated heterocycles. The van der Waals surface area contributed by atoms with E-state index in [1.54, 1.807) is 20.8 Å². The third kappa shape index (κ3) is 11.8. The molecule has 3 N–H and O–H groups in total. The largest absolute Gasteiger partial charge is 0.460 e. The highest BCUT2D eigenvalue weighted by Crippen LogP contribution is 2.11. The van der Waals surface area contributed by atoms with E-state index in [0.29, 0.717) is 12.8 Å². The van der Waals surface area contributed by atoms with Crippen molar-refractivity contribution in [3.8, 4) is 0 Å². The van der Waals surface area contributed by atoms with Crippen molar-refractivity contribution in [2.75, 3.05) is 5.75 Å². The first-order valence-electron chi connectivity index (χ1n) is 5.92. The first kappa shape index (κ1) is 17.3. The summed E-state index contributed by atoms with van der Waals surface area (Å²) in [5, 5.41) is 0. The van der Waals surface area contributed by atoms with Gasteiger partial charge in [0.25, 0.3) is 10.1 Å². The van der Waals surface area contributed by atoms with Gasteiger partial charge in [0, 0.05) is 12.5 Å². The Labute approximate surface area is 109 Å². The van der Waals surface area contributed by atoms with Gasteiger partial charge in [-0.25, -0.2) is 0 Å². The lowest BCUT2D eigenvalue weighted by Gasteiger charge is -2.20. The summed E-state index contributed by atoms with van der Waals surface area (Å²) in [6.45, 7) is 5.37. The van der Waals surface area contributed by atoms with E-state index in [2.05, 4.69) is 0 Å². The van der Waals surface area contributed by atoms with E-state index >= 15 is 0 Å². The molecule has 0 aromatic carbocycles. The molecule has 0 aliphatic heterocycles. The average molecular weight is 281 g/mol. The zero-order valence-corrected chi connectivity index (χ0v) is 12.0. The van der Waals surface area contributed by atoms with Gasteiger partial charge in [-0.1, -0.05) is 0 Å². The third-order valence-electron chi connectivity index (χ3n) is 2.12. The van der Waals surface area contributed by atoms with Gasteiger partial charge in [-0.05, 0) is 40.0 Å². The minimum Gasteiger partial charge on any atom is -0.460 e. The van der Waals surface area contributed by atoms with E-state index in [1.165, 1.54) is 0 Å². The van der Waals surface area contributed by atoms with Crippen molar-refractivity contribution >= 4 is 16.1 Å². The predicted molar refractivity (Wildman–Crippen MR) is 68.7 cm³/mol. The highest BCUT2D eigenvalue weighted by molar-refractivity contribution is 7.85. The molecule has 1 atom stereocenters. The van der Waals surface area contributed by atoms with E-state index < -0.39 is 15.7 Å². The van der Waals surface area contributed by atoms with E-state index in [1.807, 2.05) is 0 Å². The molecule has 0 rings (SSSR count). The summed E-state index contributed by atoms with van der Waals surface area (Å²) in [6, 6.07) is -0.265. The number of rotatable bonds is 7. The van der Waals surface area contributed by atoms with Crippen LogP contribution in [-0.2, 0) is 19.6 Å². The van der Waals surface area contributed by atoms with Crippen LogP contribution in [0.2, 0.25) is 0 Å². The Morgan fingerprint density at radius 1 is 1.33 bits per heavy atom. The molecular weight excluding hydrogens is 258 g/mol. The van der Waals surface area contributed by atoms with Crippen LogP contribution in [0.1, 0.15) is 46.5 Å². The Hall–Kier alpha value is -0.660. The van der Waals surface area contributed by atoms with Crippen LogP contribution in [0.15, 0.2) is 0 Å². The highest BCUT2D eigenvalue weighted by atomic mass is 32.2. The van der Waals surface area contributed by atoms with E-state index in [0.717, 1.165) is 0 Å². The second-order valence-electron chi connectivity index (χ2n) is 5.31. The minimum atomic E-state index is -3.92. The van der Waals surface area contributed by atoms with Gasteiger partial charge >= 0.3 is 5.97 Å². The zero-order chi connectivity index (χ0) is 14.4. The van der Waals surface area contributed by atoms with Crippen LogP contribution in [0.5, 0.6) is 0 Å². The second kappa shape index (κ2) is 7.06. The number of hydrogen-bond acceptors (Lipinski definition) is 5. The smallest absolute Gasteiger partial charge is 0.306 e. The summed E-state index contributed by atoms with van der Waals surface area (Å²) in [5.74, 6) is -0.611. The van der Waals surface area contributed by atoms with Gasteiger partial charge in [-0.15, -0.1) is 0 Å². The summed E-state index contributed by atoms with van der Waals surface area (Å²) >= 11 is 0. The standard InChI is InChI=1S/C11H23NO5S/c1-11(2,3)17-10(13)7-6-9(12)5-4-8-18(14,15)16/h9H,4-8,12H2,1-3H3,(H,14,15,16). The second-order valence-corrected chi connectivity index (χ2v) is 6.89. The molecule has 0 aliphatic carbocycles. The van der Waals surface area contributed by atoms with E-state index in [-0.39, 0.29) is 30.6 Å². The molecule has 0 fully saturated rings. The summed E-state index contributed by atoms with van der Waals surface area (Å²) in [6.07, 6.45) is 1.39. The van der Waals surface area contributed by atoms with Crippen LogP contribution < -0.4 is 5.73 Å². The van der Waals surface area contributed by atoms with Crippen molar-refractivity contribution < 1.29 is 22.5 Å². The molecule has 18 heavy (non-hydrogen) atoms. The van der Waals surface area contributed by atoms with Crippen LogP contribution >= 0.6 is 0 Å². The van der Waals surface area contributed by atoms with Crippen molar-refractivity contribution in [2.45, 2.75) is 58.1 Å². The quantitative estimate of drug-likeness (QED) is 0.534. The van der Waals surface area contributed by atoms with Crippen molar-refractivity contribution in [2.24, 2.45) is 5.73 Å². The zero-order valence-electron chi connectivity index (χ0n) is 11.2. The summed E-state index contributed by atoms with van der Waals surface area (Å²) in [7, 11) is -3.92. The molecule has 0 saturated carbocycles. The summed E-state index contributed by atoms with van der Waals surface area (Å²) in [4.78, 5) is 11.4. The molecule has 0 heterocycles. The van der Waals surface area contributed by atoms with Crippen LogP contribution in [0.4, 0.5) is 0 Å². The Kier molecular flexibility index (Phi) is 6.80. The van der Waals surface area contributed by atoms with Crippen LogP contribution in [-0.4, -0.2) is 36.3 Å². The molecule has 0 amide bonds. The first-order valence-corrected chi connectivity index (χ1v) is 7.53. The monoisotopic (exact) mass is 281 g/mol. The highest BCUT2D eigenvalue weighted by Gasteiger charge is 2.17. The van der Waals surface area contributed by atoms with E-state index in [4.69, 9.17) is 15.0 Å². The van der Waals surface area contributed by atoms with Gasteiger partial charge in [0.1, 0.15) is 5.60 Å². The lowest BCUT2D eigenvalue weighted by atomic mass is 10.1. The maximum absolute atomic E-state index is 11.4. The van der Waals surface area contributed by atoms with Gasteiger partial charge < -0.3 is 10.5 Å². The molecule has 0 aromatic rings. The maximum Gasteiger partial charge on any atom is 0.306 e. The lowest BCUT2D eigenvalue weighted by molar-refractivity contribution is -0.155. The normalized spacial score (nSPS) is 14.3. The van der Waals surface area contributed by atoms with Crippen molar-refractivity contribution in [3.63, 3.8) is 0 Å². The molecular formula is C11H23NO5S. The number of carbonyl (C=O) groups excluding carboxylic acids is 1. The predicted octanol–water partition coefficient (Wildman–Crippen LogP) is 1.10. The molecule has 0 radical (unpaired) electrons. The topological polar surface area (TPSA) is 107 Å². The number of nitrogens with two attached hydrogens (primary N) is 1.